The average Bonchev–Trinajstić information content (AvgIpc) is 3.37. The summed E-state index contributed by atoms with van der Waals surface area (Å²) in [5.41, 5.74) is 1.16. The summed E-state index contributed by atoms with van der Waals surface area (Å²) in [4.78, 5) is 16.3. The van der Waals surface area contributed by atoms with Crippen LogP contribution in [0.2, 0.25) is 0 Å². The number of aryl methyl sites for hydroxylation is 1. The number of hydrogen-bond donors (Lipinski definition) is 2. The summed E-state index contributed by atoms with van der Waals surface area (Å²) in [5, 5.41) is 9.95. The van der Waals surface area contributed by atoms with Gasteiger partial charge in [0.1, 0.15) is 11.6 Å². The van der Waals surface area contributed by atoms with Gasteiger partial charge in [0.25, 0.3) is 0 Å². The van der Waals surface area contributed by atoms with E-state index >= 15 is 0 Å². The molecular formula is C22H24F2N4O2. The number of carbonyl (C=O) groups excluding carboxylic acids is 1. The van der Waals surface area contributed by atoms with Gasteiger partial charge >= 0.3 is 0 Å². The van der Waals surface area contributed by atoms with E-state index in [-0.39, 0.29) is 30.1 Å². The maximum Gasteiger partial charge on any atom is 0.226 e. The first-order valence-electron chi connectivity index (χ1n) is 10.3. The number of amides is 1. The van der Waals surface area contributed by atoms with Gasteiger partial charge in [-0.3, -0.25) is 9.89 Å². The lowest BCUT2D eigenvalue weighted by Crippen LogP contribution is -2.12. The molecule has 2 aromatic heterocycles. The summed E-state index contributed by atoms with van der Waals surface area (Å²) in [7, 11) is 0. The van der Waals surface area contributed by atoms with Crippen molar-refractivity contribution >= 4 is 11.7 Å². The molecule has 1 aromatic carbocycles. The van der Waals surface area contributed by atoms with Gasteiger partial charge in [0.15, 0.2) is 17.5 Å². The van der Waals surface area contributed by atoms with Crippen molar-refractivity contribution < 1.29 is 18.0 Å². The summed E-state index contributed by atoms with van der Waals surface area (Å²) >= 11 is 0. The van der Waals surface area contributed by atoms with E-state index in [4.69, 9.17) is 4.42 Å². The SMILES string of the molecule is O=C(CCc1ncc(-c2ccc(F)cc2F)o1)Nc1cc(CC2CCCCC2)[nH]n1. The quantitative estimate of drug-likeness (QED) is 0.567. The number of halogens is 2. The van der Waals surface area contributed by atoms with Crippen LogP contribution in [0.5, 0.6) is 0 Å². The predicted octanol–water partition coefficient (Wildman–Crippen LogP) is 5.04. The summed E-state index contributed by atoms with van der Waals surface area (Å²) in [5.74, 6) is 0.107. The number of aromatic amines is 1. The van der Waals surface area contributed by atoms with E-state index in [0.717, 1.165) is 24.2 Å². The smallest absolute Gasteiger partial charge is 0.226 e. The Balaban J connectivity index is 1.27. The molecule has 1 aliphatic carbocycles. The lowest BCUT2D eigenvalue weighted by molar-refractivity contribution is -0.116. The van der Waals surface area contributed by atoms with Crippen molar-refractivity contribution in [3.05, 3.63) is 53.7 Å². The fraction of sp³-hybridized carbons (Fsp3) is 0.409. The number of oxazole rings is 1. The Morgan fingerprint density at radius 1 is 1.20 bits per heavy atom. The Morgan fingerprint density at radius 2 is 2.03 bits per heavy atom. The number of nitrogens with zero attached hydrogens (tertiary/aromatic N) is 2. The van der Waals surface area contributed by atoms with Crippen molar-refractivity contribution in [1.29, 1.82) is 0 Å². The van der Waals surface area contributed by atoms with Crippen molar-refractivity contribution in [3.8, 4) is 11.3 Å². The van der Waals surface area contributed by atoms with Gasteiger partial charge in [-0.2, -0.15) is 5.10 Å². The van der Waals surface area contributed by atoms with Crippen LogP contribution < -0.4 is 5.32 Å². The second-order valence-electron chi connectivity index (χ2n) is 7.78. The van der Waals surface area contributed by atoms with Crippen LogP contribution in [0.15, 0.2) is 34.9 Å². The van der Waals surface area contributed by atoms with Gasteiger partial charge in [-0.15, -0.1) is 0 Å². The highest BCUT2D eigenvalue weighted by molar-refractivity contribution is 5.89. The van der Waals surface area contributed by atoms with E-state index in [1.807, 2.05) is 6.07 Å². The molecule has 1 aliphatic rings. The molecule has 2 heterocycles. The molecule has 3 aromatic rings. The largest absolute Gasteiger partial charge is 0.441 e. The molecular weight excluding hydrogens is 390 g/mol. The third kappa shape index (κ3) is 5.11. The van der Waals surface area contributed by atoms with Crippen molar-refractivity contribution in [2.45, 2.75) is 51.4 Å². The van der Waals surface area contributed by atoms with Gasteiger partial charge in [0, 0.05) is 30.7 Å². The molecule has 0 unspecified atom stereocenters. The Hall–Kier alpha value is -3.03. The van der Waals surface area contributed by atoms with Crippen molar-refractivity contribution in [2.75, 3.05) is 5.32 Å². The molecule has 6 nitrogen and oxygen atoms in total. The molecule has 2 N–H and O–H groups in total. The molecule has 0 spiro atoms. The molecule has 0 saturated heterocycles. The van der Waals surface area contributed by atoms with Crippen molar-refractivity contribution in [3.63, 3.8) is 0 Å². The normalized spacial score (nSPS) is 14.7. The molecule has 1 saturated carbocycles. The minimum absolute atomic E-state index is 0.126. The highest BCUT2D eigenvalue weighted by Gasteiger charge is 2.16. The van der Waals surface area contributed by atoms with Crippen molar-refractivity contribution in [1.82, 2.24) is 15.2 Å². The first-order chi connectivity index (χ1) is 14.6. The molecule has 0 atom stereocenters. The second-order valence-corrected chi connectivity index (χ2v) is 7.78. The lowest BCUT2D eigenvalue weighted by atomic mass is 9.86. The molecule has 30 heavy (non-hydrogen) atoms. The van der Waals surface area contributed by atoms with Gasteiger partial charge in [0.05, 0.1) is 11.8 Å². The molecule has 8 heteroatoms. The molecule has 0 radical (unpaired) electrons. The lowest BCUT2D eigenvalue weighted by Gasteiger charge is -2.20. The molecule has 0 aliphatic heterocycles. The summed E-state index contributed by atoms with van der Waals surface area (Å²) < 4.78 is 32.4. The van der Waals surface area contributed by atoms with Crippen LogP contribution in [0.1, 0.15) is 50.1 Å². The predicted molar refractivity (Wildman–Crippen MR) is 108 cm³/mol. The Labute approximate surface area is 173 Å². The number of aromatic nitrogens is 3. The highest BCUT2D eigenvalue weighted by atomic mass is 19.1. The van der Waals surface area contributed by atoms with Crippen LogP contribution in [0.25, 0.3) is 11.3 Å². The number of benzene rings is 1. The molecule has 158 valence electrons. The van der Waals surface area contributed by atoms with Gasteiger partial charge < -0.3 is 9.73 Å². The van der Waals surface area contributed by atoms with E-state index < -0.39 is 11.6 Å². The Morgan fingerprint density at radius 3 is 2.83 bits per heavy atom. The van der Waals surface area contributed by atoms with Crippen molar-refractivity contribution in [2.24, 2.45) is 5.92 Å². The number of anilines is 1. The minimum atomic E-state index is -0.724. The third-order valence-corrected chi connectivity index (χ3v) is 5.45. The average molecular weight is 414 g/mol. The second kappa shape index (κ2) is 9.19. The van der Waals surface area contributed by atoms with Gasteiger partial charge in [-0.05, 0) is 24.5 Å². The zero-order valence-electron chi connectivity index (χ0n) is 16.6. The minimum Gasteiger partial charge on any atom is -0.441 e. The summed E-state index contributed by atoms with van der Waals surface area (Å²) in [6.07, 6.45) is 9.14. The zero-order chi connectivity index (χ0) is 20.9. The van der Waals surface area contributed by atoms with E-state index in [2.05, 4.69) is 20.5 Å². The third-order valence-electron chi connectivity index (χ3n) is 5.45. The fourth-order valence-corrected chi connectivity index (χ4v) is 3.90. The Bertz CT molecular complexity index is 1010. The van der Waals surface area contributed by atoms with E-state index in [0.29, 0.717) is 17.6 Å². The number of hydrogen-bond acceptors (Lipinski definition) is 4. The van der Waals surface area contributed by atoms with Crippen LogP contribution in [0, 0.1) is 17.6 Å². The van der Waals surface area contributed by atoms with Crippen LogP contribution in [0.3, 0.4) is 0 Å². The maximum absolute atomic E-state index is 13.8. The van der Waals surface area contributed by atoms with Gasteiger partial charge in [-0.1, -0.05) is 32.1 Å². The fourth-order valence-electron chi connectivity index (χ4n) is 3.90. The van der Waals surface area contributed by atoms with Crippen LogP contribution in [0.4, 0.5) is 14.6 Å². The maximum atomic E-state index is 13.8. The van der Waals surface area contributed by atoms with Gasteiger partial charge in [0.2, 0.25) is 5.91 Å². The van der Waals surface area contributed by atoms with Crippen LogP contribution in [-0.2, 0) is 17.6 Å². The van der Waals surface area contributed by atoms with E-state index in [1.54, 1.807) is 0 Å². The van der Waals surface area contributed by atoms with E-state index in [1.165, 1.54) is 44.4 Å². The molecule has 1 fully saturated rings. The number of carbonyl (C=O) groups is 1. The zero-order valence-corrected chi connectivity index (χ0v) is 16.6. The first kappa shape index (κ1) is 20.3. The molecule has 1 amide bonds. The number of H-pyrrole nitrogens is 1. The molecule has 0 bridgehead atoms. The standard InChI is InChI=1S/C22H24F2N4O2/c23-15-6-7-17(18(24)11-15)19-13-25-22(30-19)9-8-21(29)26-20-12-16(27-28-20)10-14-4-2-1-3-5-14/h6-7,11-14H,1-5,8-10H2,(H2,26,27,28,29). The Kier molecular flexibility index (Phi) is 6.21. The molecule has 4 rings (SSSR count). The van der Waals surface area contributed by atoms with E-state index in [9.17, 15) is 13.6 Å². The first-order valence-corrected chi connectivity index (χ1v) is 10.3. The van der Waals surface area contributed by atoms with Gasteiger partial charge in [-0.25, -0.2) is 13.8 Å². The highest BCUT2D eigenvalue weighted by Crippen LogP contribution is 2.27. The summed E-state index contributed by atoms with van der Waals surface area (Å²) in [6.45, 7) is 0. The topological polar surface area (TPSA) is 83.8 Å². The number of rotatable bonds is 7. The van der Waals surface area contributed by atoms with Crippen LogP contribution in [-0.4, -0.2) is 21.1 Å². The number of nitrogens with one attached hydrogen (secondary N) is 2. The van der Waals surface area contributed by atoms with Crippen LogP contribution >= 0.6 is 0 Å². The monoisotopic (exact) mass is 414 g/mol. The summed E-state index contributed by atoms with van der Waals surface area (Å²) in [6, 6.07) is 5.12.